The molecular formula is C24H24N2O3. The Balaban J connectivity index is 1.44. The summed E-state index contributed by atoms with van der Waals surface area (Å²) < 4.78 is 5.98. The zero-order valence-corrected chi connectivity index (χ0v) is 16.2. The fraction of sp³-hybridized carbons (Fsp3) is 0.250. The number of nitrogens with zero attached hydrogens (tertiary/aromatic N) is 1. The minimum atomic E-state index is -0.945. The second-order valence-electron chi connectivity index (χ2n) is 7.33. The predicted molar refractivity (Wildman–Crippen MR) is 113 cm³/mol. The zero-order valence-electron chi connectivity index (χ0n) is 16.2. The molecule has 1 heterocycles. The number of carboxylic acid groups (broad SMARTS) is 1. The van der Waals surface area contributed by atoms with Gasteiger partial charge in [-0.3, -0.25) is 4.98 Å². The number of hydrogen-bond acceptors (Lipinski definition) is 4. The Hall–Kier alpha value is -3.34. The van der Waals surface area contributed by atoms with E-state index in [4.69, 9.17) is 4.74 Å². The Bertz CT molecular complexity index is 988. The van der Waals surface area contributed by atoms with Gasteiger partial charge in [-0.15, -0.1) is 0 Å². The molecule has 0 aliphatic heterocycles. The summed E-state index contributed by atoms with van der Waals surface area (Å²) in [4.78, 5) is 15.4. The molecular weight excluding hydrogens is 364 g/mol. The first kappa shape index (κ1) is 19.0. The second-order valence-corrected chi connectivity index (χ2v) is 7.33. The number of aryl methyl sites for hydroxylation is 1. The van der Waals surface area contributed by atoms with E-state index in [1.807, 2.05) is 24.3 Å². The van der Waals surface area contributed by atoms with E-state index in [2.05, 4.69) is 34.6 Å². The fourth-order valence-corrected chi connectivity index (χ4v) is 3.89. The van der Waals surface area contributed by atoms with Crippen LogP contribution in [0.4, 0.5) is 5.69 Å². The molecule has 4 rings (SSSR count). The molecule has 5 heteroatoms. The van der Waals surface area contributed by atoms with E-state index in [9.17, 15) is 9.90 Å². The Morgan fingerprint density at radius 1 is 1.17 bits per heavy atom. The third kappa shape index (κ3) is 4.57. The first-order chi connectivity index (χ1) is 14.2. The van der Waals surface area contributed by atoms with E-state index in [0.717, 1.165) is 30.6 Å². The summed E-state index contributed by atoms with van der Waals surface area (Å²) in [5, 5.41) is 12.6. The average molecular weight is 388 g/mol. The lowest BCUT2D eigenvalue weighted by Gasteiger charge is -2.27. The summed E-state index contributed by atoms with van der Waals surface area (Å²) in [6, 6.07) is 18.0. The standard InChI is InChI=1S/C24H24N2O3/c27-24(28)22-11-12-25-15-23(22)26-14-19-8-4-7-18-13-20(9-10-21(18)19)29-16-17-5-2-1-3-6-17/h1-3,5-6,9-13,15,19,26H,4,7-8,14,16H2,(H,27,28). The molecule has 148 valence electrons. The maximum absolute atomic E-state index is 11.4. The van der Waals surface area contributed by atoms with Gasteiger partial charge in [0.05, 0.1) is 17.4 Å². The van der Waals surface area contributed by atoms with Crippen molar-refractivity contribution in [3.63, 3.8) is 0 Å². The van der Waals surface area contributed by atoms with Crippen LogP contribution >= 0.6 is 0 Å². The van der Waals surface area contributed by atoms with Crippen molar-refractivity contribution in [2.45, 2.75) is 31.8 Å². The summed E-state index contributed by atoms with van der Waals surface area (Å²) in [6.45, 7) is 1.24. The number of fused-ring (bicyclic) bond motifs is 1. The van der Waals surface area contributed by atoms with Gasteiger partial charge in [0.25, 0.3) is 0 Å². The fourth-order valence-electron chi connectivity index (χ4n) is 3.89. The summed E-state index contributed by atoms with van der Waals surface area (Å²) in [7, 11) is 0. The number of benzene rings is 2. The van der Waals surface area contributed by atoms with E-state index in [-0.39, 0.29) is 5.56 Å². The minimum absolute atomic E-state index is 0.251. The highest BCUT2D eigenvalue weighted by Gasteiger charge is 2.21. The second kappa shape index (κ2) is 8.78. The molecule has 5 nitrogen and oxygen atoms in total. The smallest absolute Gasteiger partial charge is 0.337 e. The molecule has 1 aliphatic carbocycles. The SMILES string of the molecule is O=C(O)c1ccncc1NCC1CCCc2cc(OCc3ccccc3)ccc21. The number of nitrogens with one attached hydrogen (secondary N) is 1. The van der Waals surface area contributed by atoms with Gasteiger partial charge < -0.3 is 15.2 Å². The number of pyridine rings is 1. The molecule has 1 aliphatic rings. The lowest BCUT2D eigenvalue weighted by molar-refractivity contribution is 0.0698. The van der Waals surface area contributed by atoms with E-state index >= 15 is 0 Å². The molecule has 1 aromatic heterocycles. The maximum Gasteiger partial charge on any atom is 0.337 e. The highest BCUT2D eigenvalue weighted by atomic mass is 16.5. The Labute approximate surface area is 170 Å². The average Bonchev–Trinajstić information content (AvgIpc) is 2.77. The summed E-state index contributed by atoms with van der Waals surface area (Å²) in [5.74, 6) is 0.282. The summed E-state index contributed by atoms with van der Waals surface area (Å²) >= 11 is 0. The topological polar surface area (TPSA) is 71.5 Å². The molecule has 0 bridgehead atoms. The number of ether oxygens (including phenoxy) is 1. The van der Waals surface area contributed by atoms with Gasteiger partial charge in [-0.25, -0.2) is 4.79 Å². The van der Waals surface area contributed by atoms with Crippen molar-refractivity contribution >= 4 is 11.7 Å². The van der Waals surface area contributed by atoms with Crippen molar-refractivity contribution in [2.24, 2.45) is 0 Å². The molecule has 29 heavy (non-hydrogen) atoms. The van der Waals surface area contributed by atoms with Gasteiger partial charge >= 0.3 is 5.97 Å². The maximum atomic E-state index is 11.4. The van der Waals surface area contributed by atoms with Crippen molar-refractivity contribution < 1.29 is 14.6 Å². The third-order valence-corrected chi connectivity index (χ3v) is 5.39. The van der Waals surface area contributed by atoms with Crippen molar-refractivity contribution in [1.29, 1.82) is 0 Å². The van der Waals surface area contributed by atoms with Gasteiger partial charge in [-0.05, 0) is 54.2 Å². The van der Waals surface area contributed by atoms with Crippen molar-refractivity contribution in [3.05, 3.63) is 89.2 Å². The van der Waals surface area contributed by atoms with Crippen LogP contribution < -0.4 is 10.1 Å². The molecule has 2 aromatic carbocycles. The molecule has 0 spiro atoms. The lowest BCUT2D eigenvalue weighted by atomic mass is 9.82. The van der Waals surface area contributed by atoms with E-state index in [1.165, 1.54) is 23.4 Å². The van der Waals surface area contributed by atoms with Crippen molar-refractivity contribution in [1.82, 2.24) is 4.98 Å². The first-order valence-corrected chi connectivity index (χ1v) is 9.91. The van der Waals surface area contributed by atoms with Crippen LogP contribution in [0.5, 0.6) is 5.75 Å². The van der Waals surface area contributed by atoms with Crippen LogP contribution in [0.15, 0.2) is 67.0 Å². The van der Waals surface area contributed by atoms with Gasteiger partial charge in [0.2, 0.25) is 0 Å². The molecule has 0 radical (unpaired) electrons. The Morgan fingerprint density at radius 2 is 2.03 bits per heavy atom. The number of hydrogen-bond donors (Lipinski definition) is 2. The van der Waals surface area contributed by atoms with Gasteiger partial charge in [0, 0.05) is 18.7 Å². The molecule has 3 aromatic rings. The zero-order chi connectivity index (χ0) is 20.1. The normalized spacial score (nSPS) is 15.4. The van der Waals surface area contributed by atoms with Gasteiger partial charge in [-0.2, -0.15) is 0 Å². The number of carbonyl (C=O) groups is 1. The monoisotopic (exact) mass is 388 g/mol. The number of aromatic nitrogens is 1. The molecule has 2 N–H and O–H groups in total. The number of rotatable bonds is 7. The Morgan fingerprint density at radius 3 is 2.86 bits per heavy atom. The molecule has 0 saturated carbocycles. The van der Waals surface area contributed by atoms with E-state index in [1.54, 1.807) is 6.20 Å². The summed E-state index contributed by atoms with van der Waals surface area (Å²) in [6.07, 6.45) is 6.31. The first-order valence-electron chi connectivity index (χ1n) is 9.91. The molecule has 0 fully saturated rings. The third-order valence-electron chi connectivity index (χ3n) is 5.39. The van der Waals surface area contributed by atoms with Crippen LogP contribution in [-0.4, -0.2) is 22.6 Å². The van der Waals surface area contributed by atoms with Crippen LogP contribution in [-0.2, 0) is 13.0 Å². The van der Waals surface area contributed by atoms with Gasteiger partial charge in [0.1, 0.15) is 12.4 Å². The van der Waals surface area contributed by atoms with Crippen LogP contribution in [0, 0.1) is 0 Å². The summed E-state index contributed by atoms with van der Waals surface area (Å²) in [5.41, 5.74) is 4.60. The lowest BCUT2D eigenvalue weighted by Crippen LogP contribution is -2.19. The van der Waals surface area contributed by atoms with E-state index in [0.29, 0.717) is 24.8 Å². The van der Waals surface area contributed by atoms with Crippen LogP contribution in [0.1, 0.15) is 45.8 Å². The van der Waals surface area contributed by atoms with Crippen LogP contribution in [0.3, 0.4) is 0 Å². The van der Waals surface area contributed by atoms with Crippen molar-refractivity contribution in [2.75, 3.05) is 11.9 Å². The number of carboxylic acids is 1. The largest absolute Gasteiger partial charge is 0.489 e. The number of anilines is 1. The predicted octanol–water partition coefficient (Wildman–Crippen LogP) is 4.89. The molecule has 1 atom stereocenters. The van der Waals surface area contributed by atoms with Gasteiger partial charge in [0.15, 0.2) is 0 Å². The molecule has 0 amide bonds. The van der Waals surface area contributed by atoms with Crippen LogP contribution in [0.2, 0.25) is 0 Å². The quantitative estimate of drug-likeness (QED) is 0.603. The molecule has 0 saturated heterocycles. The van der Waals surface area contributed by atoms with Gasteiger partial charge in [-0.1, -0.05) is 36.4 Å². The van der Waals surface area contributed by atoms with Crippen molar-refractivity contribution in [3.8, 4) is 5.75 Å². The molecule has 1 unspecified atom stereocenters. The van der Waals surface area contributed by atoms with Crippen LogP contribution in [0.25, 0.3) is 0 Å². The number of aromatic carboxylic acids is 1. The highest BCUT2D eigenvalue weighted by Crippen LogP contribution is 2.34. The highest BCUT2D eigenvalue weighted by molar-refractivity contribution is 5.93. The Kier molecular flexibility index (Phi) is 5.75. The minimum Gasteiger partial charge on any atom is -0.489 e. The van der Waals surface area contributed by atoms with E-state index < -0.39 is 5.97 Å².